The van der Waals surface area contributed by atoms with Gasteiger partial charge in [0.15, 0.2) is 0 Å². The van der Waals surface area contributed by atoms with Crippen LogP contribution in [-0.4, -0.2) is 20.7 Å². The quantitative estimate of drug-likeness (QED) is 0.341. The third-order valence-corrected chi connectivity index (χ3v) is 3.53. The number of rotatable bonds is 5. The maximum Gasteiger partial charge on any atom is 0.269 e. The molecule has 0 aromatic heterocycles. The molecular formula is C11H15NO3Si. The summed E-state index contributed by atoms with van der Waals surface area (Å²) < 4.78 is 5.49. The lowest BCUT2D eigenvalue weighted by molar-refractivity contribution is -0.384. The average molecular weight is 237 g/mol. The van der Waals surface area contributed by atoms with Crippen molar-refractivity contribution in [3.8, 4) is 5.75 Å². The lowest BCUT2D eigenvalue weighted by Crippen LogP contribution is -2.04. The summed E-state index contributed by atoms with van der Waals surface area (Å²) >= 11 is 0. The number of allylic oxidation sites excluding steroid dienone is 1. The molecule has 0 aliphatic rings. The first-order chi connectivity index (χ1) is 7.59. The van der Waals surface area contributed by atoms with E-state index in [0.717, 1.165) is 6.23 Å². The van der Waals surface area contributed by atoms with Crippen LogP contribution in [0.2, 0.25) is 0 Å². The molecule has 86 valence electrons. The number of ether oxygens (including phenoxy) is 1. The van der Waals surface area contributed by atoms with Gasteiger partial charge in [0, 0.05) is 12.1 Å². The van der Waals surface area contributed by atoms with E-state index in [4.69, 9.17) is 4.74 Å². The Morgan fingerprint density at radius 2 is 2.06 bits per heavy atom. The number of benzene rings is 1. The molecule has 0 aliphatic carbocycles. The number of nitro benzene ring substituents is 1. The zero-order valence-electron chi connectivity index (χ0n) is 9.47. The van der Waals surface area contributed by atoms with Gasteiger partial charge in [0.1, 0.15) is 5.75 Å². The first-order valence-corrected chi connectivity index (χ1v) is 6.92. The lowest BCUT2D eigenvalue weighted by Gasteiger charge is -2.03. The molecule has 1 aromatic rings. The second-order valence-corrected chi connectivity index (χ2v) is 5.06. The second-order valence-electron chi connectivity index (χ2n) is 3.67. The maximum atomic E-state index is 10.4. The van der Waals surface area contributed by atoms with Crippen LogP contribution in [0.1, 0.15) is 13.8 Å². The van der Waals surface area contributed by atoms with Crippen LogP contribution in [0.15, 0.2) is 35.5 Å². The summed E-state index contributed by atoms with van der Waals surface area (Å²) in [5.41, 5.74) is 3.64. The van der Waals surface area contributed by atoms with Gasteiger partial charge in [-0.15, -0.1) is 0 Å². The molecule has 0 aliphatic heterocycles. The molecule has 4 nitrogen and oxygen atoms in total. The minimum Gasteiger partial charge on any atom is -0.497 e. The van der Waals surface area contributed by atoms with Gasteiger partial charge in [-0.1, -0.05) is 11.3 Å². The van der Waals surface area contributed by atoms with Crippen molar-refractivity contribution in [3.05, 3.63) is 45.7 Å². The molecule has 16 heavy (non-hydrogen) atoms. The van der Waals surface area contributed by atoms with Crippen LogP contribution in [0.5, 0.6) is 5.75 Å². The van der Waals surface area contributed by atoms with Crippen molar-refractivity contribution in [1.29, 1.82) is 0 Å². The Morgan fingerprint density at radius 3 is 2.56 bits per heavy atom. The van der Waals surface area contributed by atoms with E-state index in [2.05, 4.69) is 19.5 Å². The molecule has 0 unspecified atom stereocenters. The summed E-state index contributed by atoms with van der Waals surface area (Å²) in [6.07, 6.45) is 0.725. The Bertz CT molecular complexity index is 383. The van der Waals surface area contributed by atoms with E-state index < -0.39 is 4.92 Å². The van der Waals surface area contributed by atoms with Crippen molar-refractivity contribution in [2.45, 2.75) is 13.8 Å². The first kappa shape index (κ1) is 12.4. The Kier molecular flexibility index (Phi) is 4.72. The molecule has 0 saturated heterocycles. The largest absolute Gasteiger partial charge is 0.497 e. The van der Waals surface area contributed by atoms with Crippen molar-refractivity contribution in [2.24, 2.45) is 0 Å². The smallest absolute Gasteiger partial charge is 0.269 e. The summed E-state index contributed by atoms with van der Waals surface area (Å²) in [5, 5.41) is 10.4. The fraction of sp³-hybridized carbons (Fsp3) is 0.273. The summed E-state index contributed by atoms with van der Waals surface area (Å²) in [4.78, 5) is 10.00. The fourth-order valence-corrected chi connectivity index (χ4v) is 2.24. The maximum absolute atomic E-state index is 10.4. The van der Waals surface area contributed by atoms with Gasteiger partial charge >= 0.3 is 0 Å². The highest BCUT2D eigenvalue weighted by atomic mass is 28.2. The number of non-ortho nitro benzene ring substituents is 1. The van der Waals surface area contributed by atoms with Gasteiger partial charge in [0.2, 0.25) is 0 Å². The molecule has 0 atom stereocenters. The van der Waals surface area contributed by atoms with Gasteiger partial charge in [-0.2, -0.15) is 0 Å². The van der Waals surface area contributed by atoms with Gasteiger partial charge < -0.3 is 4.74 Å². The van der Waals surface area contributed by atoms with Crippen LogP contribution in [0.3, 0.4) is 0 Å². The Labute approximate surface area is 96.9 Å². The molecular weight excluding hydrogens is 222 g/mol. The highest BCUT2D eigenvalue weighted by Gasteiger charge is 2.03. The monoisotopic (exact) mass is 237 g/mol. The summed E-state index contributed by atoms with van der Waals surface area (Å²) in [5.74, 6) is 0.695. The van der Waals surface area contributed by atoms with Crippen LogP contribution in [0.4, 0.5) is 5.69 Å². The van der Waals surface area contributed by atoms with E-state index in [1.165, 1.54) is 17.7 Å². The third-order valence-electron chi connectivity index (χ3n) is 1.99. The Balaban J connectivity index is 2.44. The zero-order chi connectivity index (χ0) is 12.0. The van der Waals surface area contributed by atoms with Gasteiger partial charge in [0.05, 0.1) is 20.7 Å². The van der Waals surface area contributed by atoms with Crippen molar-refractivity contribution in [3.63, 3.8) is 0 Å². The highest BCUT2D eigenvalue weighted by Crippen LogP contribution is 2.16. The van der Waals surface area contributed by atoms with E-state index in [1.807, 2.05) is 0 Å². The fourth-order valence-electron chi connectivity index (χ4n) is 1.19. The van der Waals surface area contributed by atoms with Crippen LogP contribution < -0.4 is 4.74 Å². The topological polar surface area (TPSA) is 52.4 Å². The Hall–Kier alpha value is -1.62. The van der Waals surface area contributed by atoms with Gasteiger partial charge in [-0.3, -0.25) is 10.1 Å². The summed E-state index contributed by atoms with van der Waals surface area (Å²) in [6, 6.07) is 6.18. The number of hydrogen-bond donors (Lipinski definition) is 0. The molecule has 0 N–H and O–H groups in total. The van der Waals surface area contributed by atoms with Gasteiger partial charge in [-0.25, -0.2) is 0 Å². The van der Waals surface area contributed by atoms with E-state index >= 15 is 0 Å². The molecule has 0 fully saturated rings. The number of nitrogens with zero attached hydrogens (tertiary/aromatic N) is 1. The second kappa shape index (κ2) is 6.07. The van der Waals surface area contributed by atoms with Crippen LogP contribution in [-0.2, 0) is 0 Å². The van der Waals surface area contributed by atoms with E-state index in [9.17, 15) is 10.1 Å². The zero-order valence-corrected chi connectivity index (χ0v) is 10.9. The van der Waals surface area contributed by atoms with Crippen molar-refractivity contribution < 1.29 is 9.66 Å². The standard InChI is InChI=1S/C11H15NO3Si/c1-9(2)7-16-8-15-11-5-3-10(4-6-11)12(13)14/h3-7H,8,16H2,1-2H3. The van der Waals surface area contributed by atoms with E-state index in [1.54, 1.807) is 12.1 Å². The molecule has 5 heteroatoms. The highest BCUT2D eigenvalue weighted by molar-refractivity contribution is 6.42. The minimum atomic E-state index is -0.415. The third kappa shape index (κ3) is 4.27. The molecule has 0 saturated carbocycles. The number of hydrogen-bond acceptors (Lipinski definition) is 3. The molecule has 0 spiro atoms. The molecule has 0 heterocycles. The number of nitro groups is 1. The molecule has 0 bridgehead atoms. The normalized spacial score (nSPS) is 10.4. The lowest BCUT2D eigenvalue weighted by atomic mass is 10.3. The molecule has 0 amide bonds. The van der Waals surface area contributed by atoms with Crippen LogP contribution in [0.25, 0.3) is 0 Å². The molecule has 0 radical (unpaired) electrons. The van der Waals surface area contributed by atoms with Crippen LogP contribution >= 0.6 is 0 Å². The summed E-state index contributed by atoms with van der Waals surface area (Å²) in [6.45, 7) is 4.14. The van der Waals surface area contributed by atoms with Gasteiger partial charge in [0.25, 0.3) is 5.69 Å². The molecule has 1 aromatic carbocycles. The predicted molar refractivity (Wildman–Crippen MR) is 66.6 cm³/mol. The minimum absolute atomic E-state index is 0.0916. The molecule has 1 rings (SSSR count). The van der Waals surface area contributed by atoms with Gasteiger partial charge in [-0.05, 0) is 26.0 Å². The average Bonchev–Trinajstić information content (AvgIpc) is 2.25. The van der Waals surface area contributed by atoms with Crippen molar-refractivity contribution in [2.75, 3.05) is 6.23 Å². The van der Waals surface area contributed by atoms with E-state index in [-0.39, 0.29) is 15.2 Å². The van der Waals surface area contributed by atoms with E-state index in [0.29, 0.717) is 5.75 Å². The predicted octanol–water partition coefficient (Wildman–Crippen LogP) is 2.02. The van der Waals surface area contributed by atoms with Crippen molar-refractivity contribution in [1.82, 2.24) is 0 Å². The SMILES string of the molecule is CC(C)=C[SiH2]COc1ccc([N+](=O)[O-])cc1. The van der Waals surface area contributed by atoms with Crippen molar-refractivity contribution >= 4 is 15.2 Å². The van der Waals surface area contributed by atoms with Crippen LogP contribution in [0, 0.1) is 10.1 Å². The summed E-state index contributed by atoms with van der Waals surface area (Å²) in [7, 11) is -0.323. The Morgan fingerprint density at radius 1 is 1.44 bits per heavy atom. The first-order valence-electron chi connectivity index (χ1n) is 5.10.